The molecule has 164 valence electrons. The van der Waals surface area contributed by atoms with Crippen LogP contribution >= 0.6 is 23.6 Å². The van der Waals surface area contributed by atoms with Crippen molar-refractivity contribution in [1.82, 2.24) is 0 Å². The van der Waals surface area contributed by atoms with Crippen LogP contribution in [0.1, 0.15) is 56.0 Å². The maximum Gasteiger partial charge on any atom is 0.341 e. The molecule has 0 saturated carbocycles. The number of thiocarbonyl (C=S) groups is 1. The number of ether oxygens (including phenoxy) is 1. The van der Waals surface area contributed by atoms with E-state index in [1.54, 1.807) is 29.5 Å². The lowest BCUT2D eigenvalue weighted by atomic mass is 10.0. The largest absolute Gasteiger partial charge is 0.465 e. The number of hydrogen-bond donors (Lipinski definition) is 2. The molecule has 1 aromatic heterocycles. The fourth-order valence-corrected chi connectivity index (χ4v) is 5.50. The zero-order chi connectivity index (χ0) is 22.5. The first-order chi connectivity index (χ1) is 15.6. The van der Waals surface area contributed by atoms with Gasteiger partial charge in [-0.1, -0.05) is 48.9 Å². The van der Waals surface area contributed by atoms with Gasteiger partial charge in [0.05, 0.1) is 18.4 Å². The van der Waals surface area contributed by atoms with Crippen LogP contribution in [0.2, 0.25) is 0 Å². The molecule has 7 heteroatoms. The van der Waals surface area contributed by atoms with Crippen molar-refractivity contribution in [2.75, 3.05) is 17.7 Å². The number of para-hydroxylation sites is 1. The van der Waals surface area contributed by atoms with Crippen molar-refractivity contribution < 1.29 is 14.3 Å². The smallest absolute Gasteiger partial charge is 0.341 e. The van der Waals surface area contributed by atoms with E-state index >= 15 is 0 Å². The highest BCUT2D eigenvalue weighted by molar-refractivity contribution is 7.80. The normalized spacial score (nSPS) is 12.9. The molecule has 1 heterocycles. The zero-order valence-corrected chi connectivity index (χ0v) is 19.4. The van der Waals surface area contributed by atoms with Crippen LogP contribution in [-0.2, 0) is 17.6 Å². The Hall–Kier alpha value is -3.03. The molecule has 2 N–H and O–H groups in total. The van der Waals surface area contributed by atoms with E-state index in [0.29, 0.717) is 32.5 Å². The highest BCUT2D eigenvalue weighted by Crippen LogP contribution is 2.38. The third-order valence-electron chi connectivity index (χ3n) is 5.49. The number of methoxy groups -OCH3 is 1. The minimum absolute atomic E-state index is 0.0883. The van der Waals surface area contributed by atoms with Gasteiger partial charge in [0.1, 0.15) is 5.00 Å². The molecule has 0 aliphatic heterocycles. The molecule has 2 aromatic carbocycles. The number of anilines is 2. The predicted octanol–water partition coefficient (Wildman–Crippen LogP) is 5.84. The van der Waals surface area contributed by atoms with Gasteiger partial charge >= 0.3 is 5.97 Å². The zero-order valence-electron chi connectivity index (χ0n) is 17.8. The van der Waals surface area contributed by atoms with Crippen molar-refractivity contribution in [1.29, 1.82) is 0 Å². The number of carbonyl (C=O) groups is 2. The summed E-state index contributed by atoms with van der Waals surface area (Å²) in [5.74, 6) is -0.441. The first-order valence-corrected chi connectivity index (χ1v) is 11.8. The van der Waals surface area contributed by atoms with Crippen LogP contribution in [0.25, 0.3) is 0 Å². The third-order valence-corrected chi connectivity index (χ3v) is 6.91. The molecule has 0 radical (unpaired) electrons. The van der Waals surface area contributed by atoms with Crippen molar-refractivity contribution in [3.8, 4) is 0 Å². The van der Waals surface area contributed by atoms with Crippen LogP contribution in [0.15, 0.2) is 54.6 Å². The van der Waals surface area contributed by atoms with Gasteiger partial charge in [0, 0.05) is 16.0 Å². The number of fused-ring (bicyclic) bond motifs is 1. The quantitative estimate of drug-likeness (QED) is 0.214. The number of aryl methyl sites for hydroxylation is 1. The second kappa shape index (κ2) is 10.1. The second-order valence-corrected chi connectivity index (χ2v) is 9.09. The standard InChI is InChI=1S/C25H24N2O3S2/c1-30-24(29)21-18-13-6-3-7-15-20(18)32-23(21)27-25(31)26-19-14-9-8-12-17(19)22(28)16-10-4-2-5-11-16/h2,4-5,8-12,14H,3,6-7,13,15H2,1H3,(H2,26,27,31). The van der Waals surface area contributed by atoms with Crippen LogP contribution in [0.4, 0.5) is 10.7 Å². The average Bonchev–Trinajstić information content (AvgIpc) is 2.98. The maximum atomic E-state index is 13.0. The van der Waals surface area contributed by atoms with E-state index in [1.165, 1.54) is 12.0 Å². The third kappa shape index (κ3) is 4.74. The van der Waals surface area contributed by atoms with Gasteiger partial charge in [-0.2, -0.15) is 0 Å². The summed E-state index contributed by atoms with van der Waals surface area (Å²) in [6.45, 7) is 0. The van der Waals surface area contributed by atoms with Gasteiger partial charge in [-0.25, -0.2) is 4.79 Å². The summed E-state index contributed by atoms with van der Waals surface area (Å²) in [6.07, 6.45) is 5.17. The van der Waals surface area contributed by atoms with Gasteiger partial charge in [-0.3, -0.25) is 4.79 Å². The minimum atomic E-state index is -0.352. The molecule has 0 bridgehead atoms. The number of thiophene rings is 1. The van der Waals surface area contributed by atoms with E-state index in [2.05, 4.69) is 10.6 Å². The van der Waals surface area contributed by atoms with Crippen molar-refractivity contribution in [3.63, 3.8) is 0 Å². The van der Waals surface area contributed by atoms with E-state index < -0.39 is 0 Å². The topological polar surface area (TPSA) is 67.4 Å². The van der Waals surface area contributed by atoms with Gasteiger partial charge in [0.2, 0.25) is 0 Å². The van der Waals surface area contributed by atoms with Crippen LogP contribution < -0.4 is 10.6 Å². The number of carbonyl (C=O) groups excluding carboxylic acids is 2. The number of esters is 1. The summed E-state index contributed by atoms with van der Waals surface area (Å²) in [6, 6.07) is 16.4. The average molecular weight is 465 g/mol. The Bertz CT molecular complexity index is 1160. The van der Waals surface area contributed by atoms with Crippen LogP contribution in [0.3, 0.4) is 0 Å². The molecule has 4 rings (SSSR count). The summed E-state index contributed by atoms with van der Waals surface area (Å²) >= 11 is 7.11. The van der Waals surface area contributed by atoms with E-state index in [4.69, 9.17) is 17.0 Å². The molecule has 0 unspecified atom stereocenters. The lowest BCUT2D eigenvalue weighted by Gasteiger charge is -2.14. The molecular formula is C25H24N2O3S2. The van der Waals surface area contributed by atoms with E-state index in [9.17, 15) is 9.59 Å². The summed E-state index contributed by atoms with van der Waals surface area (Å²) in [5, 5.41) is 7.33. The Labute approximate surface area is 196 Å². The number of ketones is 1. The summed E-state index contributed by atoms with van der Waals surface area (Å²) < 4.78 is 5.06. The van der Waals surface area contributed by atoms with Gasteiger partial charge in [0.15, 0.2) is 10.9 Å². The molecule has 1 aliphatic carbocycles. The van der Waals surface area contributed by atoms with Crippen molar-refractivity contribution in [2.45, 2.75) is 32.1 Å². The molecule has 0 spiro atoms. The van der Waals surface area contributed by atoms with Crippen molar-refractivity contribution >= 4 is 51.1 Å². The SMILES string of the molecule is COC(=O)c1c(NC(=S)Nc2ccccc2C(=O)c2ccccc2)sc2c1CCCCC2. The van der Waals surface area contributed by atoms with E-state index in [0.717, 1.165) is 37.7 Å². The molecule has 32 heavy (non-hydrogen) atoms. The molecule has 0 atom stereocenters. The summed E-state index contributed by atoms with van der Waals surface area (Å²) in [5.41, 5.74) is 3.39. The Kier molecular flexibility index (Phi) is 6.97. The van der Waals surface area contributed by atoms with Crippen LogP contribution in [0, 0.1) is 0 Å². The van der Waals surface area contributed by atoms with Crippen LogP contribution in [-0.4, -0.2) is 24.0 Å². The highest BCUT2D eigenvalue weighted by atomic mass is 32.1. The monoisotopic (exact) mass is 464 g/mol. The maximum absolute atomic E-state index is 13.0. The first-order valence-electron chi connectivity index (χ1n) is 10.6. The van der Waals surface area contributed by atoms with Gasteiger partial charge in [0.25, 0.3) is 0 Å². The molecule has 0 fully saturated rings. The van der Waals surface area contributed by atoms with E-state index in [-0.39, 0.29) is 11.8 Å². The predicted molar refractivity (Wildman–Crippen MR) is 133 cm³/mol. The Balaban J connectivity index is 1.58. The molecule has 3 aromatic rings. The Morgan fingerprint density at radius 2 is 1.66 bits per heavy atom. The fourth-order valence-electron chi connectivity index (χ4n) is 3.94. The van der Waals surface area contributed by atoms with Gasteiger partial charge in [-0.15, -0.1) is 11.3 Å². The van der Waals surface area contributed by atoms with Crippen molar-refractivity contribution in [3.05, 3.63) is 81.7 Å². The summed E-state index contributed by atoms with van der Waals surface area (Å²) in [7, 11) is 1.40. The lowest BCUT2D eigenvalue weighted by Crippen LogP contribution is -2.21. The van der Waals surface area contributed by atoms with Crippen molar-refractivity contribution in [2.24, 2.45) is 0 Å². The summed E-state index contributed by atoms with van der Waals surface area (Å²) in [4.78, 5) is 26.8. The van der Waals surface area contributed by atoms with Gasteiger partial charge < -0.3 is 15.4 Å². The number of benzene rings is 2. The molecular weight excluding hydrogens is 440 g/mol. The number of nitrogens with one attached hydrogen (secondary N) is 2. The second-order valence-electron chi connectivity index (χ2n) is 7.58. The molecule has 1 aliphatic rings. The number of hydrogen-bond acceptors (Lipinski definition) is 5. The number of rotatable bonds is 5. The molecule has 5 nitrogen and oxygen atoms in total. The highest BCUT2D eigenvalue weighted by Gasteiger charge is 2.26. The minimum Gasteiger partial charge on any atom is -0.465 e. The van der Waals surface area contributed by atoms with Crippen LogP contribution in [0.5, 0.6) is 0 Å². The Morgan fingerprint density at radius 3 is 2.44 bits per heavy atom. The van der Waals surface area contributed by atoms with E-state index in [1.807, 2.05) is 36.4 Å². The first kappa shape index (κ1) is 22.2. The molecule has 0 saturated heterocycles. The fraction of sp³-hybridized carbons (Fsp3) is 0.240. The molecule has 0 amide bonds. The Morgan fingerprint density at radius 1 is 0.938 bits per heavy atom. The lowest BCUT2D eigenvalue weighted by molar-refractivity contribution is 0.0601. The van der Waals surface area contributed by atoms with Gasteiger partial charge in [-0.05, 0) is 55.6 Å².